The summed E-state index contributed by atoms with van der Waals surface area (Å²) < 4.78 is 12.2. The summed E-state index contributed by atoms with van der Waals surface area (Å²) in [6.07, 6.45) is 6.68. The van der Waals surface area contributed by atoms with Gasteiger partial charge in [-0.3, -0.25) is 9.36 Å². The minimum absolute atomic E-state index is 0.147. The number of fused-ring (bicyclic) bond motifs is 1. The fraction of sp³-hybridized carbons (Fsp3) is 0. The first kappa shape index (κ1) is 16.0. The first-order valence-corrected chi connectivity index (χ1v) is 8.48. The van der Waals surface area contributed by atoms with E-state index in [0.717, 1.165) is 5.39 Å². The number of amides is 1. The molecule has 0 aliphatic carbocycles. The molecule has 4 heterocycles. The molecule has 5 rings (SSSR count). The Morgan fingerprint density at radius 3 is 2.86 bits per heavy atom. The standard InChI is InChI=1S/C20H13N5O3/c26-20(15-11-17(28-24-15)16-5-2-10-27-16)22-14-4-1-3-13-6-7-18(23-19(13)14)25-9-8-21-12-25/h1-12H,(H,22,26). The Balaban J connectivity index is 1.47. The van der Waals surface area contributed by atoms with E-state index in [2.05, 4.69) is 20.4 Å². The molecule has 1 N–H and O–H groups in total. The number of benzene rings is 1. The van der Waals surface area contributed by atoms with Crippen molar-refractivity contribution in [3.05, 3.63) is 79.2 Å². The molecular formula is C20H13N5O3. The first-order valence-electron chi connectivity index (χ1n) is 8.48. The van der Waals surface area contributed by atoms with E-state index in [1.54, 1.807) is 41.5 Å². The maximum absolute atomic E-state index is 12.6. The normalized spacial score (nSPS) is 11.0. The van der Waals surface area contributed by atoms with Crippen LogP contribution in [0.2, 0.25) is 0 Å². The third kappa shape index (κ3) is 2.82. The lowest BCUT2D eigenvalue weighted by Gasteiger charge is -2.09. The highest BCUT2D eigenvalue weighted by Crippen LogP contribution is 2.25. The minimum atomic E-state index is -0.399. The Morgan fingerprint density at radius 2 is 2.04 bits per heavy atom. The lowest BCUT2D eigenvalue weighted by atomic mass is 10.2. The topological polar surface area (TPSA) is 99.0 Å². The zero-order chi connectivity index (χ0) is 18.9. The molecule has 0 saturated carbocycles. The molecule has 0 unspecified atom stereocenters. The van der Waals surface area contributed by atoms with Gasteiger partial charge in [0.1, 0.15) is 12.1 Å². The van der Waals surface area contributed by atoms with Gasteiger partial charge in [-0.25, -0.2) is 9.97 Å². The van der Waals surface area contributed by atoms with Gasteiger partial charge in [-0.1, -0.05) is 17.3 Å². The molecule has 28 heavy (non-hydrogen) atoms. The summed E-state index contributed by atoms with van der Waals surface area (Å²) in [7, 11) is 0. The molecular weight excluding hydrogens is 358 g/mol. The molecule has 0 aliphatic rings. The number of pyridine rings is 1. The molecule has 0 bridgehead atoms. The van der Waals surface area contributed by atoms with Crippen molar-refractivity contribution in [1.29, 1.82) is 0 Å². The number of aromatic nitrogens is 4. The predicted molar refractivity (Wildman–Crippen MR) is 101 cm³/mol. The van der Waals surface area contributed by atoms with Crippen molar-refractivity contribution in [3.8, 4) is 17.3 Å². The number of hydrogen-bond acceptors (Lipinski definition) is 6. The largest absolute Gasteiger partial charge is 0.461 e. The molecule has 1 aromatic carbocycles. The zero-order valence-electron chi connectivity index (χ0n) is 14.4. The Kier molecular flexibility index (Phi) is 3.72. The van der Waals surface area contributed by atoms with Crippen LogP contribution < -0.4 is 5.32 Å². The number of nitrogens with one attached hydrogen (secondary N) is 1. The van der Waals surface area contributed by atoms with E-state index in [4.69, 9.17) is 8.94 Å². The van der Waals surface area contributed by atoms with Gasteiger partial charge in [-0.15, -0.1) is 0 Å². The molecule has 8 heteroatoms. The van der Waals surface area contributed by atoms with Crippen molar-refractivity contribution in [2.75, 3.05) is 5.32 Å². The van der Waals surface area contributed by atoms with Gasteiger partial charge in [0.25, 0.3) is 5.91 Å². The third-order valence-electron chi connectivity index (χ3n) is 4.23. The fourth-order valence-corrected chi connectivity index (χ4v) is 2.88. The molecule has 0 aliphatic heterocycles. The maximum atomic E-state index is 12.6. The van der Waals surface area contributed by atoms with Crippen LogP contribution in [0.1, 0.15) is 10.5 Å². The predicted octanol–water partition coefficient (Wildman–Crippen LogP) is 3.92. The third-order valence-corrected chi connectivity index (χ3v) is 4.23. The summed E-state index contributed by atoms with van der Waals surface area (Å²) in [6.45, 7) is 0. The van der Waals surface area contributed by atoms with Crippen LogP contribution in [0, 0.1) is 0 Å². The molecule has 8 nitrogen and oxygen atoms in total. The van der Waals surface area contributed by atoms with Crippen LogP contribution in [0.5, 0.6) is 0 Å². The van der Waals surface area contributed by atoms with Gasteiger partial charge in [0.15, 0.2) is 11.5 Å². The number of imidazole rings is 1. The molecule has 0 spiro atoms. The lowest BCUT2D eigenvalue weighted by molar-refractivity contribution is 0.101. The van der Waals surface area contributed by atoms with Gasteiger partial charge in [0.2, 0.25) is 5.76 Å². The van der Waals surface area contributed by atoms with E-state index >= 15 is 0 Å². The number of para-hydroxylation sites is 1. The summed E-state index contributed by atoms with van der Waals surface area (Å²) in [5.74, 6) is 1.19. The van der Waals surface area contributed by atoms with Gasteiger partial charge >= 0.3 is 0 Å². The molecule has 136 valence electrons. The van der Waals surface area contributed by atoms with Crippen LogP contribution in [0.25, 0.3) is 28.2 Å². The van der Waals surface area contributed by atoms with Crippen LogP contribution in [0.3, 0.4) is 0 Å². The molecule has 0 atom stereocenters. The fourth-order valence-electron chi connectivity index (χ4n) is 2.88. The average molecular weight is 371 g/mol. The molecule has 1 amide bonds. The summed E-state index contributed by atoms with van der Waals surface area (Å²) in [4.78, 5) is 21.3. The molecule has 0 saturated heterocycles. The van der Waals surface area contributed by atoms with E-state index in [1.165, 1.54) is 12.3 Å². The van der Waals surface area contributed by atoms with Crippen molar-refractivity contribution in [2.45, 2.75) is 0 Å². The Hall–Kier alpha value is -4.20. The van der Waals surface area contributed by atoms with Gasteiger partial charge < -0.3 is 14.3 Å². The molecule has 4 aromatic heterocycles. The second kappa shape index (κ2) is 6.51. The monoisotopic (exact) mass is 371 g/mol. The van der Waals surface area contributed by atoms with E-state index in [0.29, 0.717) is 28.5 Å². The number of rotatable bonds is 4. The van der Waals surface area contributed by atoms with Crippen molar-refractivity contribution in [3.63, 3.8) is 0 Å². The Labute approximate surface area is 158 Å². The highest BCUT2D eigenvalue weighted by molar-refractivity contribution is 6.07. The van der Waals surface area contributed by atoms with Gasteiger partial charge in [0, 0.05) is 23.8 Å². The van der Waals surface area contributed by atoms with E-state index in [1.807, 2.05) is 24.3 Å². The van der Waals surface area contributed by atoms with E-state index in [9.17, 15) is 4.79 Å². The summed E-state index contributed by atoms with van der Waals surface area (Å²) >= 11 is 0. The quantitative estimate of drug-likeness (QED) is 0.514. The Morgan fingerprint density at radius 1 is 1.07 bits per heavy atom. The van der Waals surface area contributed by atoms with Crippen LogP contribution in [0.4, 0.5) is 5.69 Å². The van der Waals surface area contributed by atoms with E-state index in [-0.39, 0.29) is 5.69 Å². The molecule has 5 aromatic rings. The van der Waals surface area contributed by atoms with E-state index < -0.39 is 5.91 Å². The minimum Gasteiger partial charge on any atom is -0.461 e. The van der Waals surface area contributed by atoms with Crippen LogP contribution in [-0.4, -0.2) is 25.6 Å². The number of nitrogens with zero attached hydrogens (tertiary/aromatic N) is 4. The smallest absolute Gasteiger partial charge is 0.277 e. The van der Waals surface area contributed by atoms with Crippen molar-refractivity contribution >= 4 is 22.5 Å². The van der Waals surface area contributed by atoms with Crippen molar-refractivity contribution in [2.24, 2.45) is 0 Å². The van der Waals surface area contributed by atoms with Gasteiger partial charge in [0.05, 0.1) is 17.5 Å². The molecule has 0 radical (unpaired) electrons. The molecule has 0 fully saturated rings. The van der Waals surface area contributed by atoms with Crippen molar-refractivity contribution in [1.82, 2.24) is 19.7 Å². The summed E-state index contributed by atoms with van der Waals surface area (Å²) in [5, 5.41) is 7.58. The average Bonchev–Trinajstić information content (AvgIpc) is 3.50. The number of hydrogen-bond donors (Lipinski definition) is 1. The Bertz CT molecular complexity index is 1260. The van der Waals surface area contributed by atoms with Crippen LogP contribution >= 0.6 is 0 Å². The van der Waals surface area contributed by atoms with Gasteiger partial charge in [-0.2, -0.15) is 0 Å². The lowest BCUT2D eigenvalue weighted by Crippen LogP contribution is -2.12. The van der Waals surface area contributed by atoms with Crippen LogP contribution in [-0.2, 0) is 0 Å². The number of anilines is 1. The summed E-state index contributed by atoms with van der Waals surface area (Å²) in [6, 6.07) is 14.4. The number of furan rings is 1. The number of carbonyl (C=O) groups excluding carboxylic acids is 1. The highest BCUT2D eigenvalue weighted by Gasteiger charge is 2.16. The first-order chi connectivity index (χ1) is 13.8. The number of carbonyl (C=O) groups is 1. The van der Waals surface area contributed by atoms with Crippen molar-refractivity contribution < 1.29 is 13.7 Å². The highest BCUT2D eigenvalue weighted by atomic mass is 16.5. The maximum Gasteiger partial charge on any atom is 0.277 e. The second-order valence-corrected chi connectivity index (χ2v) is 6.02. The van der Waals surface area contributed by atoms with Crippen LogP contribution in [0.15, 0.2) is 82.5 Å². The van der Waals surface area contributed by atoms with Gasteiger partial charge in [-0.05, 0) is 30.3 Å². The zero-order valence-corrected chi connectivity index (χ0v) is 14.4. The summed E-state index contributed by atoms with van der Waals surface area (Å²) in [5.41, 5.74) is 1.39. The SMILES string of the molecule is O=C(Nc1cccc2ccc(-n3ccnc3)nc12)c1cc(-c2ccco2)on1. The second-order valence-electron chi connectivity index (χ2n) is 6.02.